The minimum atomic E-state index is -0.358. The van der Waals surface area contributed by atoms with Gasteiger partial charge in [0.25, 0.3) is 11.8 Å². The number of hydrogen-bond acceptors (Lipinski definition) is 4. The number of fused-ring (bicyclic) bond motifs is 1. The van der Waals surface area contributed by atoms with Crippen LogP contribution in [0.4, 0.5) is 15.1 Å². The Morgan fingerprint density at radius 3 is 2.61 bits per heavy atom. The predicted octanol–water partition coefficient (Wildman–Crippen LogP) is 5.58. The van der Waals surface area contributed by atoms with Gasteiger partial charge in [-0.25, -0.2) is 4.39 Å². The highest BCUT2D eigenvalue weighted by molar-refractivity contribution is 7.17. The molecule has 0 saturated carbocycles. The van der Waals surface area contributed by atoms with Crippen molar-refractivity contribution in [2.24, 2.45) is 5.92 Å². The van der Waals surface area contributed by atoms with Gasteiger partial charge in [-0.3, -0.25) is 9.59 Å². The van der Waals surface area contributed by atoms with Crippen molar-refractivity contribution in [1.82, 2.24) is 0 Å². The normalized spacial score (nSPS) is 15.7. The molecule has 4 rings (SSSR count). The minimum absolute atomic E-state index is 0.211. The van der Waals surface area contributed by atoms with Gasteiger partial charge in [0, 0.05) is 10.6 Å². The Bertz CT molecular complexity index is 1010. The van der Waals surface area contributed by atoms with Gasteiger partial charge in [-0.1, -0.05) is 13.0 Å². The third kappa shape index (κ3) is 3.86. The molecule has 1 aliphatic carbocycles. The summed E-state index contributed by atoms with van der Waals surface area (Å²) in [6, 6.07) is 9.24. The van der Waals surface area contributed by atoms with Gasteiger partial charge < -0.3 is 10.6 Å². The number of benzene rings is 1. The Labute approximate surface area is 170 Å². The number of thiophene rings is 2. The van der Waals surface area contributed by atoms with Gasteiger partial charge in [-0.05, 0) is 66.5 Å². The summed E-state index contributed by atoms with van der Waals surface area (Å²) in [5.74, 6) is -0.290. The van der Waals surface area contributed by atoms with Crippen LogP contribution in [0.25, 0.3) is 0 Å². The van der Waals surface area contributed by atoms with Crippen LogP contribution in [0, 0.1) is 11.7 Å². The Morgan fingerprint density at radius 2 is 1.89 bits per heavy atom. The third-order valence-electron chi connectivity index (χ3n) is 4.81. The SMILES string of the molecule is C[C@H]1CCc2c(sc(NC(=O)c3cccs3)c2C(=O)Nc2ccc(F)cc2)C1. The molecule has 0 spiro atoms. The van der Waals surface area contributed by atoms with Crippen molar-refractivity contribution < 1.29 is 14.0 Å². The number of anilines is 2. The minimum Gasteiger partial charge on any atom is -0.322 e. The Morgan fingerprint density at radius 1 is 1.11 bits per heavy atom. The number of nitrogens with one attached hydrogen (secondary N) is 2. The van der Waals surface area contributed by atoms with Crippen LogP contribution >= 0.6 is 22.7 Å². The molecular formula is C21H19FN2O2S2. The lowest BCUT2D eigenvalue weighted by atomic mass is 9.88. The van der Waals surface area contributed by atoms with Crippen molar-refractivity contribution in [3.63, 3.8) is 0 Å². The third-order valence-corrected chi connectivity index (χ3v) is 6.85. The summed E-state index contributed by atoms with van der Waals surface area (Å²) in [6.07, 6.45) is 2.73. The molecule has 3 aromatic rings. The fraction of sp³-hybridized carbons (Fsp3) is 0.238. The summed E-state index contributed by atoms with van der Waals surface area (Å²) in [5, 5.41) is 8.19. The summed E-state index contributed by atoms with van der Waals surface area (Å²) in [7, 11) is 0. The van der Waals surface area contributed by atoms with Gasteiger partial charge >= 0.3 is 0 Å². The number of hydrogen-bond donors (Lipinski definition) is 2. The summed E-state index contributed by atoms with van der Waals surface area (Å²) in [6.45, 7) is 2.20. The first kappa shape index (κ1) is 18.8. The molecule has 0 aliphatic heterocycles. The highest BCUT2D eigenvalue weighted by atomic mass is 32.1. The summed E-state index contributed by atoms with van der Waals surface area (Å²) in [4.78, 5) is 27.4. The molecule has 28 heavy (non-hydrogen) atoms. The molecule has 7 heteroatoms. The molecule has 2 amide bonds. The number of carbonyl (C=O) groups is 2. The predicted molar refractivity (Wildman–Crippen MR) is 112 cm³/mol. The first-order valence-electron chi connectivity index (χ1n) is 9.07. The highest BCUT2D eigenvalue weighted by Gasteiger charge is 2.28. The first-order valence-corrected chi connectivity index (χ1v) is 10.8. The van der Waals surface area contributed by atoms with Crippen LogP contribution < -0.4 is 10.6 Å². The van der Waals surface area contributed by atoms with Gasteiger partial charge in [0.1, 0.15) is 10.8 Å². The molecule has 0 bridgehead atoms. The number of carbonyl (C=O) groups excluding carboxylic acids is 2. The van der Waals surface area contributed by atoms with E-state index in [4.69, 9.17) is 0 Å². The molecule has 0 fully saturated rings. The maximum Gasteiger partial charge on any atom is 0.266 e. The number of amides is 2. The van der Waals surface area contributed by atoms with Gasteiger partial charge in [0.05, 0.1) is 10.4 Å². The molecule has 0 unspecified atom stereocenters. The average Bonchev–Trinajstić information content (AvgIpc) is 3.31. The average molecular weight is 415 g/mol. The first-order chi connectivity index (χ1) is 13.5. The molecule has 0 saturated heterocycles. The van der Waals surface area contributed by atoms with E-state index < -0.39 is 0 Å². The second-order valence-electron chi connectivity index (χ2n) is 6.95. The number of rotatable bonds is 4. The monoisotopic (exact) mass is 414 g/mol. The molecule has 4 nitrogen and oxygen atoms in total. The largest absolute Gasteiger partial charge is 0.322 e. The van der Waals surface area contributed by atoms with Crippen LogP contribution in [0.5, 0.6) is 0 Å². The quantitative estimate of drug-likeness (QED) is 0.586. The zero-order chi connectivity index (χ0) is 19.7. The van der Waals surface area contributed by atoms with E-state index in [1.807, 2.05) is 11.4 Å². The standard InChI is InChI=1S/C21H19FN2O2S2/c1-12-4-9-15-17(11-12)28-21(24-19(25)16-3-2-10-27-16)18(15)20(26)23-14-7-5-13(22)6-8-14/h2-3,5-8,10,12H,4,9,11H2,1H3,(H,23,26)(H,24,25)/t12-/m0/s1. The summed E-state index contributed by atoms with van der Waals surface area (Å²) in [5.41, 5.74) is 2.07. The topological polar surface area (TPSA) is 58.2 Å². The van der Waals surface area contributed by atoms with Gasteiger partial charge in [-0.15, -0.1) is 22.7 Å². The fourth-order valence-corrected chi connectivity index (χ4v) is 5.40. The van der Waals surface area contributed by atoms with Gasteiger partial charge in [0.15, 0.2) is 0 Å². The van der Waals surface area contributed by atoms with Crippen molar-refractivity contribution in [3.8, 4) is 0 Å². The molecule has 1 aromatic carbocycles. The highest BCUT2D eigenvalue weighted by Crippen LogP contribution is 2.40. The van der Waals surface area contributed by atoms with E-state index >= 15 is 0 Å². The smallest absolute Gasteiger partial charge is 0.266 e. The molecule has 2 heterocycles. The molecule has 144 valence electrons. The molecule has 2 N–H and O–H groups in total. The molecule has 0 radical (unpaired) electrons. The van der Waals surface area contributed by atoms with Crippen LogP contribution in [0.3, 0.4) is 0 Å². The number of halogens is 1. The van der Waals surface area contributed by atoms with Crippen molar-refractivity contribution >= 4 is 45.2 Å². The van der Waals surface area contributed by atoms with E-state index in [9.17, 15) is 14.0 Å². The van der Waals surface area contributed by atoms with E-state index in [0.717, 1.165) is 29.7 Å². The molecule has 1 aliphatic rings. The zero-order valence-electron chi connectivity index (χ0n) is 15.3. The molecule has 2 aromatic heterocycles. The van der Waals surface area contributed by atoms with Crippen LogP contribution in [0.2, 0.25) is 0 Å². The van der Waals surface area contributed by atoms with Crippen LogP contribution in [0.15, 0.2) is 41.8 Å². The zero-order valence-corrected chi connectivity index (χ0v) is 16.9. The lowest BCUT2D eigenvalue weighted by Crippen LogP contribution is -2.19. The molecule has 1 atom stereocenters. The Kier molecular flexibility index (Phi) is 5.28. The Balaban J connectivity index is 1.66. The van der Waals surface area contributed by atoms with E-state index in [1.54, 1.807) is 6.07 Å². The van der Waals surface area contributed by atoms with Crippen molar-refractivity contribution in [3.05, 3.63) is 68.5 Å². The van der Waals surface area contributed by atoms with E-state index in [-0.39, 0.29) is 17.6 Å². The maximum absolute atomic E-state index is 13.1. The van der Waals surface area contributed by atoms with Crippen LogP contribution in [0.1, 0.15) is 43.8 Å². The lowest BCUT2D eigenvalue weighted by Gasteiger charge is -2.18. The van der Waals surface area contributed by atoms with E-state index in [1.165, 1.54) is 46.9 Å². The Hall–Kier alpha value is -2.51. The van der Waals surface area contributed by atoms with Crippen LogP contribution in [-0.4, -0.2) is 11.8 Å². The fourth-order valence-electron chi connectivity index (χ4n) is 3.38. The second kappa shape index (κ2) is 7.85. The van der Waals surface area contributed by atoms with E-state index in [2.05, 4.69) is 17.6 Å². The van der Waals surface area contributed by atoms with Gasteiger partial charge in [-0.2, -0.15) is 0 Å². The van der Waals surface area contributed by atoms with Crippen molar-refractivity contribution in [2.45, 2.75) is 26.2 Å². The molecular weight excluding hydrogens is 395 g/mol. The second-order valence-corrected chi connectivity index (χ2v) is 9.00. The van der Waals surface area contributed by atoms with Crippen molar-refractivity contribution in [2.75, 3.05) is 10.6 Å². The summed E-state index contributed by atoms with van der Waals surface area (Å²) >= 11 is 2.84. The van der Waals surface area contributed by atoms with Gasteiger partial charge in [0.2, 0.25) is 0 Å². The van der Waals surface area contributed by atoms with E-state index in [0.29, 0.717) is 27.0 Å². The van der Waals surface area contributed by atoms with Crippen LogP contribution in [-0.2, 0) is 12.8 Å². The lowest BCUT2D eigenvalue weighted by molar-refractivity contribution is 0.102. The summed E-state index contributed by atoms with van der Waals surface area (Å²) < 4.78 is 13.1. The van der Waals surface area contributed by atoms with Crippen molar-refractivity contribution in [1.29, 1.82) is 0 Å². The maximum atomic E-state index is 13.1.